The first-order chi connectivity index (χ1) is 8.56. The molecule has 0 aromatic heterocycles. The molecular formula is C14H27N3O. The van der Waals surface area contributed by atoms with Crippen molar-refractivity contribution in [2.45, 2.75) is 64.1 Å². The van der Waals surface area contributed by atoms with Gasteiger partial charge in [-0.2, -0.15) is 0 Å². The third kappa shape index (κ3) is 3.45. The minimum Gasteiger partial charge on any atom is -0.352 e. The molecule has 0 unspecified atom stereocenters. The van der Waals surface area contributed by atoms with Crippen molar-refractivity contribution in [3.05, 3.63) is 0 Å². The Morgan fingerprint density at radius 2 is 1.89 bits per heavy atom. The summed E-state index contributed by atoms with van der Waals surface area (Å²) in [5.41, 5.74) is 5.95. The standard InChI is InChI=1S/C14H27N3O/c1-10(2)14(18)16-12-7-8-17(9-12)13-5-3-11(15)4-6-13/h10-13H,3-9,15H2,1-2H3,(H,16,18)/t11?,12-,13?/m0/s1. The van der Waals surface area contributed by atoms with Gasteiger partial charge in [-0.1, -0.05) is 13.8 Å². The van der Waals surface area contributed by atoms with Crippen LogP contribution in [0.3, 0.4) is 0 Å². The van der Waals surface area contributed by atoms with Crippen LogP contribution in [0.4, 0.5) is 0 Å². The fourth-order valence-electron chi connectivity index (χ4n) is 3.07. The molecule has 4 nitrogen and oxygen atoms in total. The first-order valence-corrected chi connectivity index (χ1v) is 7.36. The van der Waals surface area contributed by atoms with E-state index in [1.54, 1.807) is 0 Å². The van der Waals surface area contributed by atoms with Crippen molar-refractivity contribution in [3.8, 4) is 0 Å². The number of nitrogens with two attached hydrogens (primary N) is 1. The molecule has 1 saturated heterocycles. The molecule has 1 heterocycles. The average molecular weight is 253 g/mol. The molecule has 1 atom stereocenters. The maximum absolute atomic E-state index is 11.7. The average Bonchev–Trinajstić information content (AvgIpc) is 2.78. The van der Waals surface area contributed by atoms with E-state index < -0.39 is 0 Å². The lowest BCUT2D eigenvalue weighted by molar-refractivity contribution is -0.124. The van der Waals surface area contributed by atoms with Gasteiger partial charge in [0.15, 0.2) is 0 Å². The van der Waals surface area contributed by atoms with Crippen LogP contribution in [0.1, 0.15) is 46.0 Å². The number of amides is 1. The summed E-state index contributed by atoms with van der Waals surface area (Å²) in [6.07, 6.45) is 5.87. The summed E-state index contributed by atoms with van der Waals surface area (Å²) in [6, 6.07) is 1.47. The molecule has 2 rings (SSSR count). The number of hydrogen-bond donors (Lipinski definition) is 2. The van der Waals surface area contributed by atoms with Crippen LogP contribution in [-0.2, 0) is 4.79 Å². The molecule has 0 radical (unpaired) electrons. The fraction of sp³-hybridized carbons (Fsp3) is 0.929. The van der Waals surface area contributed by atoms with E-state index in [9.17, 15) is 4.79 Å². The molecule has 2 fully saturated rings. The van der Waals surface area contributed by atoms with E-state index in [1.165, 1.54) is 12.8 Å². The number of nitrogens with zero attached hydrogens (tertiary/aromatic N) is 1. The van der Waals surface area contributed by atoms with Crippen molar-refractivity contribution in [3.63, 3.8) is 0 Å². The van der Waals surface area contributed by atoms with Crippen molar-refractivity contribution in [2.24, 2.45) is 11.7 Å². The first-order valence-electron chi connectivity index (χ1n) is 7.36. The SMILES string of the molecule is CC(C)C(=O)N[C@H]1CCN(C2CCC(N)CC2)C1. The number of rotatable bonds is 3. The highest BCUT2D eigenvalue weighted by atomic mass is 16.1. The van der Waals surface area contributed by atoms with Gasteiger partial charge in [-0.15, -0.1) is 0 Å². The minimum atomic E-state index is 0.0896. The molecule has 1 amide bonds. The Kier molecular flexibility index (Phi) is 4.62. The molecule has 2 aliphatic rings. The quantitative estimate of drug-likeness (QED) is 0.792. The lowest BCUT2D eigenvalue weighted by Gasteiger charge is -2.33. The summed E-state index contributed by atoms with van der Waals surface area (Å²) in [5.74, 6) is 0.277. The summed E-state index contributed by atoms with van der Waals surface area (Å²) in [5, 5.41) is 3.15. The zero-order valence-electron chi connectivity index (χ0n) is 11.7. The van der Waals surface area contributed by atoms with Crippen LogP contribution in [0.15, 0.2) is 0 Å². The zero-order valence-corrected chi connectivity index (χ0v) is 11.7. The predicted molar refractivity (Wildman–Crippen MR) is 73.2 cm³/mol. The van der Waals surface area contributed by atoms with Crippen LogP contribution in [0, 0.1) is 5.92 Å². The molecule has 1 aliphatic carbocycles. The van der Waals surface area contributed by atoms with Gasteiger partial charge in [0.2, 0.25) is 5.91 Å². The third-order valence-corrected chi connectivity index (χ3v) is 4.35. The van der Waals surface area contributed by atoms with Gasteiger partial charge in [0.05, 0.1) is 0 Å². The van der Waals surface area contributed by atoms with E-state index in [1.807, 2.05) is 13.8 Å². The molecule has 104 valence electrons. The van der Waals surface area contributed by atoms with Crippen LogP contribution >= 0.6 is 0 Å². The van der Waals surface area contributed by atoms with E-state index in [-0.39, 0.29) is 11.8 Å². The second-order valence-corrected chi connectivity index (χ2v) is 6.21. The van der Waals surface area contributed by atoms with Gasteiger partial charge >= 0.3 is 0 Å². The highest BCUT2D eigenvalue weighted by molar-refractivity contribution is 5.78. The molecular weight excluding hydrogens is 226 g/mol. The zero-order chi connectivity index (χ0) is 13.1. The molecule has 1 aliphatic heterocycles. The van der Waals surface area contributed by atoms with Gasteiger partial charge in [-0.05, 0) is 32.1 Å². The van der Waals surface area contributed by atoms with Crippen molar-refractivity contribution in [2.75, 3.05) is 13.1 Å². The summed E-state index contributed by atoms with van der Waals surface area (Å²) in [4.78, 5) is 14.2. The number of nitrogens with one attached hydrogen (secondary N) is 1. The summed E-state index contributed by atoms with van der Waals surface area (Å²) >= 11 is 0. The van der Waals surface area contributed by atoms with Crippen molar-refractivity contribution in [1.82, 2.24) is 10.2 Å². The van der Waals surface area contributed by atoms with Crippen LogP contribution in [-0.4, -0.2) is 42.0 Å². The van der Waals surface area contributed by atoms with Gasteiger partial charge in [0.1, 0.15) is 0 Å². The highest BCUT2D eigenvalue weighted by Crippen LogP contribution is 2.25. The number of hydrogen-bond acceptors (Lipinski definition) is 3. The minimum absolute atomic E-state index is 0.0896. The van der Waals surface area contributed by atoms with E-state index in [4.69, 9.17) is 5.73 Å². The Labute approximate surface area is 110 Å². The molecule has 4 heteroatoms. The van der Waals surface area contributed by atoms with Gasteiger partial charge in [0, 0.05) is 37.1 Å². The monoisotopic (exact) mass is 253 g/mol. The van der Waals surface area contributed by atoms with Crippen LogP contribution < -0.4 is 11.1 Å². The molecule has 1 saturated carbocycles. The lowest BCUT2D eigenvalue weighted by atomic mass is 9.91. The van der Waals surface area contributed by atoms with E-state index in [2.05, 4.69) is 10.2 Å². The van der Waals surface area contributed by atoms with Gasteiger partial charge in [-0.3, -0.25) is 9.69 Å². The Balaban J connectivity index is 1.76. The number of carbonyl (C=O) groups excluding carboxylic acids is 1. The lowest BCUT2D eigenvalue weighted by Crippen LogP contribution is -2.43. The van der Waals surface area contributed by atoms with E-state index in [0.29, 0.717) is 18.1 Å². The van der Waals surface area contributed by atoms with Gasteiger partial charge < -0.3 is 11.1 Å². The molecule has 3 N–H and O–H groups in total. The van der Waals surface area contributed by atoms with Gasteiger partial charge in [0.25, 0.3) is 0 Å². The maximum Gasteiger partial charge on any atom is 0.222 e. The third-order valence-electron chi connectivity index (χ3n) is 4.35. The Morgan fingerprint density at radius 3 is 2.50 bits per heavy atom. The second-order valence-electron chi connectivity index (χ2n) is 6.21. The summed E-state index contributed by atoms with van der Waals surface area (Å²) in [6.45, 7) is 6.05. The smallest absolute Gasteiger partial charge is 0.222 e. The largest absolute Gasteiger partial charge is 0.352 e. The fourth-order valence-corrected chi connectivity index (χ4v) is 3.07. The number of likely N-dealkylation sites (tertiary alicyclic amines) is 1. The normalized spacial score (nSPS) is 33.9. The highest BCUT2D eigenvalue weighted by Gasteiger charge is 2.31. The molecule has 0 aromatic rings. The van der Waals surface area contributed by atoms with Crippen LogP contribution in [0.2, 0.25) is 0 Å². The first kappa shape index (κ1) is 13.8. The van der Waals surface area contributed by atoms with Crippen LogP contribution in [0.5, 0.6) is 0 Å². The predicted octanol–water partition coefficient (Wildman–Crippen LogP) is 1.10. The second kappa shape index (κ2) is 6.02. The van der Waals surface area contributed by atoms with Crippen molar-refractivity contribution >= 4 is 5.91 Å². The van der Waals surface area contributed by atoms with E-state index >= 15 is 0 Å². The Bertz CT molecular complexity index is 285. The van der Waals surface area contributed by atoms with E-state index in [0.717, 1.165) is 32.4 Å². The maximum atomic E-state index is 11.7. The summed E-state index contributed by atoms with van der Waals surface area (Å²) < 4.78 is 0. The van der Waals surface area contributed by atoms with Crippen molar-refractivity contribution < 1.29 is 4.79 Å². The molecule has 0 aromatic carbocycles. The van der Waals surface area contributed by atoms with Crippen molar-refractivity contribution in [1.29, 1.82) is 0 Å². The Hall–Kier alpha value is -0.610. The number of carbonyl (C=O) groups is 1. The molecule has 0 spiro atoms. The Morgan fingerprint density at radius 1 is 1.22 bits per heavy atom. The molecule has 18 heavy (non-hydrogen) atoms. The summed E-state index contributed by atoms with van der Waals surface area (Å²) in [7, 11) is 0. The van der Waals surface area contributed by atoms with Gasteiger partial charge in [-0.25, -0.2) is 0 Å². The topological polar surface area (TPSA) is 58.4 Å². The molecule has 0 bridgehead atoms. The van der Waals surface area contributed by atoms with Crippen LogP contribution in [0.25, 0.3) is 0 Å².